The van der Waals surface area contributed by atoms with Gasteiger partial charge in [0.05, 0.1) is 6.04 Å². The molecule has 23 heavy (non-hydrogen) atoms. The highest BCUT2D eigenvalue weighted by molar-refractivity contribution is 7.98. The zero-order valence-corrected chi connectivity index (χ0v) is 15.3. The van der Waals surface area contributed by atoms with Crippen LogP contribution in [0.15, 0.2) is 18.3 Å². The van der Waals surface area contributed by atoms with E-state index in [-0.39, 0.29) is 18.3 Å². The largest absolute Gasteiger partial charge is 0.357 e. The summed E-state index contributed by atoms with van der Waals surface area (Å²) in [6.07, 6.45) is 8.31. The van der Waals surface area contributed by atoms with Crippen molar-refractivity contribution in [1.82, 2.24) is 10.3 Å². The number of anilines is 1. The molecule has 1 saturated heterocycles. The Morgan fingerprint density at radius 3 is 2.87 bits per heavy atom. The van der Waals surface area contributed by atoms with E-state index in [0.29, 0.717) is 13.0 Å². The predicted octanol–water partition coefficient (Wildman–Crippen LogP) is 2.19. The maximum absolute atomic E-state index is 11.9. The zero-order chi connectivity index (χ0) is 15.8. The maximum atomic E-state index is 11.9. The number of amides is 1. The van der Waals surface area contributed by atoms with Crippen molar-refractivity contribution < 1.29 is 4.79 Å². The van der Waals surface area contributed by atoms with Gasteiger partial charge in [-0.15, -0.1) is 12.4 Å². The van der Waals surface area contributed by atoms with Crippen molar-refractivity contribution >= 4 is 35.9 Å². The van der Waals surface area contributed by atoms with Crippen LogP contribution in [0.1, 0.15) is 31.2 Å². The predicted molar refractivity (Wildman–Crippen MR) is 100 cm³/mol. The summed E-state index contributed by atoms with van der Waals surface area (Å²) in [6.45, 7) is 2.65. The summed E-state index contributed by atoms with van der Waals surface area (Å²) in [5.41, 5.74) is 6.94. The highest BCUT2D eigenvalue weighted by Gasteiger charge is 2.14. The van der Waals surface area contributed by atoms with Gasteiger partial charge in [0.2, 0.25) is 5.91 Å². The summed E-state index contributed by atoms with van der Waals surface area (Å²) in [6, 6.07) is 3.59. The number of thioether (sulfide) groups is 1. The van der Waals surface area contributed by atoms with E-state index in [2.05, 4.69) is 21.3 Å². The number of aromatic nitrogens is 1. The monoisotopic (exact) mass is 358 g/mol. The van der Waals surface area contributed by atoms with Gasteiger partial charge in [-0.1, -0.05) is 0 Å². The summed E-state index contributed by atoms with van der Waals surface area (Å²) in [5.74, 6) is 1.84. The summed E-state index contributed by atoms with van der Waals surface area (Å²) in [4.78, 5) is 18.7. The first-order valence-corrected chi connectivity index (χ1v) is 9.32. The number of halogens is 1. The first kappa shape index (κ1) is 20.1. The molecule has 5 nitrogen and oxygen atoms in total. The van der Waals surface area contributed by atoms with Gasteiger partial charge in [-0.25, -0.2) is 4.98 Å². The van der Waals surface area contributed by atoms with Gasteiger partial charge < -0.3 is 16.0 Å². The fourth-order valence-corrected chi connectivity index (χ4v) is 3.05. The van der Waals surface area contributed by atoms with Crippen molar-refractivity contribution in [2.75, 3.05) is 30.0 Å². The van der Waals surface area contributed by atoms with Crippen LogP contribution in [0.4, 0.5) is 5.82 Å². The van der Waals surface area contributed by atoms with Crippen molar-refractivity contribution in [3.63, 3.8) is 0 Å². The number of hydrogen-bond donors (Lipinski definition) is 2. The molecular formula is C16H27ClN4OS. The first-order chi connectivity index (χ1) is 10.7. The first-order valence-electron chi connectivity index (χ1n) is 7.93. The maximum Gasteiger partial charge on any atom is 0.237 e. The molecule has 1 aliphatic heterocycles. The Kier molecular flexibility index (Phi) is 9.36. The van der Waals surface area contributed by atoms with Gasteiger partial charge in [0, 0.05) is 25.8 Å². The van der Waals surface area contributed by atoms with E-state index in [0.717, 1.165) is 30.2 Å². The summed E-state index contributed by atoms with van der Waals surface area (Å²) >= 11 is 1.71. The normalized spacial score (nSPS) is 15.7. The molecule has 1 aromatic heterocycles. The van der Waals surface area contributed by atoms with Gasteiger partial charge in [0.25, 0.3) is 0 Å². The number of carbonyl (C=O) groups is 1. The Hall–Kier alpha value is -0.980. The molecular weight excluding hydrogens is 332 g/mol. The second-order valence-electron chi connectivity index (χ2n) is 5.68. The highest BCUT2D eigenvalue weighted by atomic mass is 35.5. The number of hydrogen-bond acceptors (Lipinski definition) is 5. The number of carbonyl (C=O) groups excluding carboxylic acids is 1. The van der Waals surface area contributed by atoms with E-state index < -0.39 is 6.04 Å². The third-order valence-corrected chi connectivity index (χ3v) is 4.57. The SMILES string of the molecule is CSCC[C@H](N)C(=O)NCc1ccnc(N2CCCCC2)c1.Cl. The van der Waals surface area contributed by atoms with E-state index in [9.17, 15) is 4.79 Å². The highest BCUT2D eigenvalue weighted by Crippen LogP contribution is 2.18. The molecule has 3 N–H and O–H groups in total. The number of piperidine rings is 1. The van der Waals surface area contributed by atoms with E-state index >= 15 is 0 Å². The van der Waals surface area contributed by atoms with Crippen LogP contribution in [0.3, 0.4) is 0 Å². The van der Waals surface area contributed by atoms with Crippen LogP contribution in [0.25, 0.3) is 0 Å². The number of nitrogens with one attached hydrogen (secondary N) is 1. The quantitative estimate of drug-likeness (QED) is 0.781. The minimum absolute atomic E-state index is 0. The Bertz CT molecular complexity index is 483. The Labute approximate surface area is 149 Å². The lowest BCUT2D eigenvalue weighted by Crippen LogP contribution is -2.40. The molecule has 2 rings (SSSR count). The molecule has 7 heteroatoms. The van der Waals surface area contributed by atoms with Gasteiger partial charge in [0.1, 0.15) is 5.82 Å². The lowest BCUT2D eigenvalue weighted by molar-refractivity contribution is -0.122. The van der Waals surface area contributed by atoms with E-state index in [1.165, 1.54) is 19.3 Å². The molecule has 0 aliphatic carbocycles. The van der Waals surface area contributed by atoms with E-state index in [1.54, 1.807) is 11.8 Å². The van der Waals surface area contributed by atoms with E-state index in [4.69, 9.17) is 5.73 Å². The molecule has 1 aliphatic rings. The van der Waals surface area contributed by atoms with Crippen LogP contribution < -0.4 is 16.0 Å². The average Bonchev–Trinajstić information content (AvgIpc) is 2.58. The zero-order valence-electron chi connectivity index (χ0n) is 13.7. The van der Waals surface area contributed by atoms with Gasteiger partial charge >= 0.3 is 0 Å². The Morgan fingerprint density at radius 1 is 1.43 bits per heavy atom. The molecule has 0 unspecified atom stereocenters. The number of rotatable bonds is 7. The smallest absolute Gasteiger partial charge is 0.237 e. The molecule has 0 radical (unpaired) electrons. The summed E-state index contributed by atoms with van der Waals surface area (Å²) < 4.78 is 0. The minimum Gasteiger partial charge on any atom is -0.357 e. The molecule has 0 spiro atoms. The fourth-order valence-electron chi connectivity index (χ4n) is 2.56. The molecule has 1 fully saturated rings. The van der Waals surface area contributed by atoms with Crippen molar-refractivity contribution in [2.24, 2.45) is 5.73 Å². The standard InChI is InChI=1S/C16H26N4OS.ClH/c1-22-10-6-14(17)16(21)19-12-13-5-7-18-15(11-13)20-8-3-2-4-9-20;/h5,7,11,14H,2-4,6,8-10,12,17H2,1H3,(H,19,21);1H/t14-;/m0./s1. The van der Waals surface area contributed by atoms with Gasteiger partial charge in [0.15, 0.2) is 0 Å². The molecule has 1 amide bonds. The number of nitrogens with zero attached hydrogens (tertiary/aromatic N) is 2. The summed E-state index contributed by atoms with van der Waals surface area (Å²) in [7, 11) is 0. The van der Waals surface area contributed by atoms with Crippen molar-refractivity contribution in [1.29, 1.82) is 0 Å². The Balaban J connectivity index is 0.00000264. The Morgan fingerprint density at radius 2 is 2.17 bits per heavy atom. The van der Waals surface area contributed by atoms with Crippen LogP contribution in [0.2, 0.25) is 0 Å². The van der Waals surface area contributed by atoms with Crippen LogP contribution in [-0.2, 0) is 11.3 Å². The molecule has 1 atom stereocenters. The lowest BCUT2D eigenvalue weighted by atomic mass is 10.1. The van der Waals surface area contributed by atoms with Crippen LogP contribution >= 0.6 is 24.2 Å². The second kappa shape index (κ2) is 10.7. The minimum atomic E-state index is -0.421. The van der Waals surface area contributed by atoms with Gasteiger partial charge in [-0.05, 0) is 55.4 Å². The van der Waals surface area contributed by atoms with Gasteiger partial charge in [-0.3, -0.25) is 4.79 Å². The fraction of sp³-hybridized carbons (Fsp3) is 0.625. The van der Waals surface area contributed by atoms with Gasteiger partial charge in [-0.2, -0.15) is 11.8 Å². The summed E-state index contributed by atoms with van der Waals surface area (Å²) in [5, 5.41) is 2.92. The molecule has 0 aromatic carbocycles. The number of nitrogens with two attached hydrogens (primary N) is 1. The number of pyridine rings is 1. The molecule has 1 aromatic rings. The third kappa shape index (κ3) is 6.57. The van der Waals surface area contributed by atoms with E-state index in [1.807, 2.05) is 18.5 Å². The van der Waals surface area contributed by atoms with Crippen LogP contribution in [0.5, 0.6) is 0 Å². The average molecular weight is 359 g/mol. The molecule has 130 valence electrons. The van der Waals surface area contributed by atoms with Crippen LogP contribution in [0, 0.1) is 0 Å². The van der Waals surface area contributed by atoms with Crippen molar-refractivity contribution in [3.05, 3.63) is 23.9 Å². The lowest BCUT2D eigenvalue weighted by Gasteiger charge is -2.28. The van der Waals surface area contributed by atoms with Crippen LogP contribution in [-0.4, -0.2) is 42.0 Å². The second-order valence-corrected chi connectivity index (χ2v) is 6.66. The third-order valence-electron chi connectivity index (χ3n) is 3.93. The topological polar surface area (TPSA) is 71.2 Å². The molecule has 0 saturated carbocycles. The van der Waals surface area contributed by atoms with Crippen molar-refractivity contribution in [2.45, 2.75) is 38.3 Å². The molecule has 2 heterocycles. The van der Waals surface area contributed by atoms with Crippen molar-refractivity contribution in [3.8, 4) is 0 Å². The molecule has 0 bridgehead atoms.